The summed E-state index contributed by atoms with van der Waals surface area (Å²) in [6.07, 6.45) is 3.73. The predicted octanol–water partition coefficient (Wildman–Crippen LogP) is 4.10. The van der Waals surface area contributed by atoms with E-state index in [1.165, 1.54) is 4.90 Å². The Labute approximate surface area is 239 Å². The van der Waals surface area contributed by atoms with Gasteiger partial charge in [-0.1, -0.05) is 50.8 Å². The number of nitrogens with one attached hydrogen (secondary N) is 2. The van der Waals surface area contributed by atoms with E-state index in [9.17, 15) is 24.3 Å². The van der Waals surface area contributed by atoms with Crippen LogP contribution in [-0.4, -0.2) is 71.8 Å². The third kappa shape index (κ3) is 12.4. The Hall–Kier alpha value is -3.14. The summed E-state index contributed by atoms with van der Waals surface area (Å²) in [7, 11) is 0. The highest BCUT2D eigenvalue weighted by molar-refractivity contribution is 5.92. The van der Waals surface area contributed by atoms with Crippen LogP contribution in [0, 0.1) is 13.8 Å². The minimum atomic E-state index is -1.31. The number of aliphatic hydroxyl groups is 1. The van der Waals surface area contributed by atoms with Crippen LogP contribution in [0.4, 0.5) is 4.79 Å². The van der Waals surface area contributed by atoms with E-state index in [-0.39, 0.29) is 26.1 Å². The number of hydrogen-bond acceptors (Lipinski definition) is 7. The van der Waals surface area contributed by atoms with Gasteiger partial charge in [0.1, 0.15) is 17.7 Å². The number of rotatable bonds is 16. The lowest BCUT2D eigenvalue weighted by atomic mass is 9.98. The lowest BCUT2D eigenvalue weighted by molar-refractivity contribution is -0.144. The second-order valence-corrected chi connectivity index (χ2v) is 10.9. The molecule has 0 saturated heterocycles. The minimum absolute atomic E-state index is 0.0103. The first kappa shape index (κ1) is 34.9. The quantitative estimate of drug-likeness (QED) is 0.204. The van der Waals surface area contributed by atoms with E-state index in [1.807, 2.05) is 26.0 Å². The Bertz CT molecular complexity index is 975. The Morgan fingerprint density at radius 1 is 1.00 bits per heavy atom. The van der Waals surface area contributed by atoms with E-state index < -0.39 is 48.2 Å². The van der Waals surface area contributed by atoms with Crippen molar-refractivity contribution in [2.45, 2.75) is 105 Å². The third-order valence-corrected chi connectivity index (χ3v) is 6.30. The van der Waals surface area contributed by atoms with Crippen molar-refractivity contribution < 1.29 is 33.8 Å². The normalized spacial score (nSPS) is 12.7. The molecule has 1 aromatic rings. The second-order valence-electron chi connectivity index (χ2n) is 10.9. The van der Waals surface area contributed by atoms with Gasteiger partial charge in [0, 0.05) is 13.1 Å². The molecule has 10 nitrogen and oxygen atoms in total. The second kappa shape index (κ2) is 17.5. The molecule has 0 aliphatic rings. The van der Waals surface area contributed by atoms with Gasteiger partial charge in [-0.15, -0.1) is 0 Å². The smallest absolute Gasteiger partial charge is 0.408 e. The molecule has 0 aromatic heterocycles. The molecule has 3 N–H and O–H groups in total. The van der Waals surface area contributed by atoms with Gasteiger partial charge in [0.25, 0.3) is 0 Å². The van der Waals surface area contributed by atoms with Crippen LogP contribution < -0.4 is 10.6 Å². The summed E-state index contributed by atoms with van der Waals surface area (Å²) in [5.41, 5.74) is 1.77. The van der Waals surface area contributed by atoms with Gasteiger partial charge >= 0.3 is 12.1 Å². The monoisotopic (exact) mass is 563 g/mol. The number of alkyl carbamates (subject to hydrolysis) is 1. The first-order valence-electron chi connectivity index (χ1n) is 14.3. The summed E-state index contributed by atoms with van der Waals surface area (Å²) >= 11 is 0. The van der Waals surface area contributed by atoms with Crippen LogP contribution in [0.2, 0.25) is 0 Å². The van der Waals surface area contributed by atoms with Gasteiger partial charge in [-0.3, -0.25) is 14.4 Å². The first-order chi connectivity index (χ1) is 18.8. The SMILES string of the molecule is CCCCCCCN(C(=O)C(CO)NC(=O)OC(C)(C)C)C(C(=O)NCCC(=O)OCC)c1ccc(C)c(C)c1. The average Bonchev–Trinajstić information content (AvgIpc) is 2.87. The number of nitrogens with zero attached hydrogens (tertiary/aromatic N) is 1. The maximum Gasteiger partial charge on any atom is 0.408 e. The van der Waals surface area contributed by atoms with Gasteiger partial charge in [0.2, 0.25) is 11.8 Å². The molecule has 0 bridgehead atoms. The van der Waals surface area contributed by atoms with E-state index in [1.54, 1.807) is 33.8 Å². The maximum atomic E-state index is 13.9. The van der Waals surface area contributed by atoms with Crippen molar-refractivity contribution in [2.75, 3.05) is 26.3 Å². The van der Waals surface area contributed by atoms with Crippen LogP contribution in [0.5, 0.6) is 0 Å². The van der Waals surface area contributed by atoms with Crippen LogP contribution in [0.3, 0.4) is 0 Å². The summed E-state index contributed by atoms with van der Waals surface area (Å²) in [5, 5.41) is 15.3. The molecule has 2 atom stereocenters. The molecular formula is C30H49N3O7. The summed E-state index contributed by atoms with van der Waals surface area (Å²) in [6, 6.07) is 3.18. The molecule has 0 heterocycles. The van der Waals surface area contributed by atoms with Crippen molar-refractivity contribution in [1.29, 1.82) is 0 Å². The highest BCUT2D eigenvalue weighted by Crippen LogP contribution is 2.26. The molecule has 40 heavy (non-hydrogen) atoms. The number of aryl methyl sites for hydroxylation is 2. The number of carbonyl (C=O) groups is 4. The van der Waals surface area contributed by atoms with E-state index in [0.29, 0.717) is 12.0 Å². The number of unbranched alkanes of at least 4 members (excludes halogenated alkanes) is 4. The van der Waals surface area contributed by atoms with Crippen molar-refractivity contribution in [2.24, 2.45) is 0 Å². The number of benzene rings is 1. The standard InChI is InChI=1S/C30H49N3O7/c1-8-10-11-12-13-18-33(28(37)24(20-34)32-29(38)40-30(5,6)7)26(23-15-14-21(3)22(4)19-23)27(36)31-17-16-25(35)39-9-2/h14-15,19,24,26,34H,8-13,16-18,20H2,1-7H3,(H,31,36)(H,32,38). The average molecular weight is 564 g/mol. The number of aliphatic hydroxyl groups excluding tert-OH is 1. The molecule has 0 aliphatic carbocycles. The molecule has 0 aliphatic heterocycles. The Morgan fingerprint density at radius 3 is 2.25 bits per heavy atom. The Morgan fingerprint density at radius 2 is 1.68 bits per heavy atom. The summed E-state index contributed by atoms with van der Waals surface area (Å²) in [4.78, 5) is 53.2. The van der Waals surface area contributed by atoms with Crippen molar-refractivity contribution >= 4 is 23.9 Å². The summed E-state index contributed by atoms with van der Waals surface area (Å²) in [6.45, 7) is 12.6. The van der Waals surface area contributed by atoms with Crippen molar-refractivity contribution in [1.82, 2.24) is 15.5 Å². The predicted molar refractivity (Wildman–Crippen MR) is 154 cm³/mol. The molecule has 0 fully saturated rings. The molecule has 1 aromatic carbocycles. The van der Waals surface area contributed by atoms with Gasteiger partial charge in [0.15, 0.2) is 0 Å². The fraction of sp³-hybridized carbons (Fsp3) is 0.667. The van der Waals surface area contributed by atoms with Crippen molar-refractivity contribution in [3.05, 3.63) is 34.9 Å². The van der Waals surface area contributed by atoms with Gasteiger partial charge in [-0.25, -0.2) is 4.79 Å². The highest BCUT2D eigenvalue weighted by atomic mass is 16.6. The van der Waals surface area contributed by atoms with Crippen LogP contribution in [0.1, 0.15) is 95.9 Å². The molecule has 3 amide bonds. The van der Waals surface area contributed by atoms with Gasteiger partial charge in [-0.05, 0) is 64.7 Å². The lowest BCUT2D eigenvalue weighted by Gasteiger charge is -2.34. The van der Waals surface area contributed by atoms with E-state index in [0.717, 1.165) is 36.8 Å². The van der Waals surface area contributed by atoms with Crippen LogP contribution in [0.15, 0.2) is 18.2 Å². The zero-order chi connectivity index (χ0) is 30.3. The number of carbonyl (C=O) groups excluding carboxylic acids is 4. The van der Waals surface area contributed by atoms with Crippen LogP contribution in [-0.2, 0) is 23.9 Å². The van der Waals surface area contributed by atoms with Gasteiger partial charge in [0.05, 0.1) is 19.6 Å². The molecule has 0 saturated carbocycles. The largest absolute Gasteiger partial charge is 0.466 e. The van der Waals surface area contributed by atoms with Crippen molar-refractivity contribution in [3.8, 4) is 0 Å². The number of ether oxygens (including phenoxy) is 2. The van der Waals surface area contributed by atoms with Crippen LogP contribution >= 0.6 is 0 Å². The molecule has 226 valence electrons. The minimum Gasteiger partial charge on any atom is -0.466 e. The zero-order valence-electron chi connectivity index (χ0n) is 25.3. The summed E-state index contributed by atoms with van der Waals surface area (Å²) in [5.74, 6) is -1.51. The lowest BCUT2D eigenvalue weighted by Crippen LogP contribution is -2.54. The van der Waals surface area contributed by atoms with Crippen LogP contribution in [0.25, 0.3) is 0 Å². The van der Waals surface area contributed by atoms with Crippen molar-refractivity contribution in [3.63, 3.8) is 0 Å². The topological polar surface area (TPSA) is 134 Å². The first-order valence-corrected chi connectivity index (χ1v) is 14.3. The molecule has 0 spiro atoms. The van der Waals surface area contributed by atoms with E-state index in [2.05, 4.69) is 17.6 Å². The van der Waals surface area contributed by atoms with Gasteiger partial charge in [-0.2, -0.15) is 0 Å². The maximum absolute atomic E-state index is 13.9. The zero-order valence-corrected chi connectivity index (χ0v) is 25.3. The summed E-state index contributed by atoms with van der Waals surface area (Å²) < 4.78 is 10.2. The number of amides is 3. The molecule has 1 rings (SSSR count). The highest BCUT2D eigenvalue weighted by Gasteiger charge is 2.36. The number of hydrogen-bond donors (Lipinski definition) is 3. The fourth-order valence-electron chi connectivity index (χ4n) is 4.11. The fourth-order valence-corrected chi connectivity index (χ4v) is 4.11. The molecule has 10 heteroatoms. The number of esters is 1. The van der Waals surface area contributed by atoms with E-state index >= 15 is 0 Å². The Balaban J connectivity index is 3.38. The Kier molecular flexibility index (Phi) is 15.3. The van der Waals surface area contributed by atoms with E-state index in [4.69, 9.17) is 9.47 Å². The molecule has 0 radical (unpaired) electrons. The third-order valence-electron chi connectivity index (χ3n) is 6.30. The molecular weight excluding hydrogens is 514 g/mol. The van der Waals surface area contributed by atoms with Gasteiger partial charge < -0.3 is 30.1 Å². The molecule has 2 unspecified atom stereocenters.